The average molecular weight is 264 g/mol. The van der Waals surface area contributed by atoms with Crippen LogP contribution in [0.5, 0.6) is 0 Å². The van der Waals surface area contributed by atoms with E-state index >= 15 is 0 Å². The Kier molecular flexibility index (Phi) is 5.83. The summed E-state index contributed by atoms with van der Waals surface area (Å²) < 4.78 is 0. The van der Waals surface area contributed by atoms with Crippen molar-refractivity contribution in [3.63, 3.8) is 0 Å². The molecule has 0 aliphatic carbocycles. The minimum Gasteiger partial charge on any atom is -0.309 e. The first-order valence-corrected chi connectivity index (χ1v) is 6.94. The summed E-state index contributed by atoms with van der Waals surface area (Å²) in [5.41, 5.74) is 1.16. The van der Waals surface area contributed by atoms with Crippen molar-refractivity contribution in [2.75, 3.05) is 12.0 Å². The van der Waals surface area contributed by atoms with Gasteiger partial charge in [0.15, 0.2) is 0 Å². The Hall–Kier alpha value is 0.110. The Morgan fingerprint density at radius 1 is 1.33 bits per heavy atom. The maximum Gasteiger partial charge on any atom is 0.0595 e. The molecule has 1 aromatic rings. The third-order valence-electron chi connectivity index (χ3n) is 2.06. The molecule has 1 atom stereocenters. The van der Waals surface area contributed by atoms with E-state index in [0.29, 0.717) is 16.1 Å². The van der Waals surface area contributed by atoms with Crippen molar-refractivity contribution in [2.24, 2.45) is 0 Å². The summed E-state index contributed by atoms with van der Waals surface area (Å²) in [5, 5.41) is 4.65. The van der Waals surface area contributed by atoms with Crippen LogP contribution < -0.4 is 5.32 Å². The van der Waals surface area contributed by atoms with Crippen molar-refractivity contribution in [1.29, 1.82) is 0 Å². The molecule has 1 rings (SSSR count). The Balaban J connectivity index is 2.47. The second kappa shape index (κ2) is 6.64. The van der Waals surface area contributed by atoms with Gasteiger partial charge < -0.3 is 5.32 Å². The number of hydrogen-bond acceptors (Lipinski definition) is 2. The van der Waals surface area contributed by atoms with Crippen molar-refractivity contribution < 1.29 is 0 Å². The topological polar surface area (TPSA) is 12.0 Å². The summed E-state index contributed by atoms with van der Waals surface area (Å²) in [5.74, 6) is 1.11. The molecule has 0 fully saturated rings. The van der Waals surface area contributed by atoms with Crippen LogP contribution in [-0.2, 0) is 6.54 Å². The van der Waals surface area contributed by atoms with E-state index < -0.39 is 0 Å². The molecule has 0 radical (unpaired) electrons. The van der Waals surface area contributed by atoms with Crippen molar-refractivity contribution in [1.82, 2.24) is 5.32 Å². The van der Waals surface area contributed by atoms with Crippen molar-refractivity contribution in [2.45, 2.75) is 19.5 Å². The highest BCUT2D eigenvalue weighted by atomic mass is 35.5. The van der Waals surface area contributed by atoms with E-state index in [9.17, 15) is 0 Å². The largest absolute Gasteiger partial charge is 0.309 e. The fourth-order valence-electron chi connectivity index (χ4n) is 1.25. The number of halogens is 2. The first kappa shape index (κ1) is 13.2. The van der Waals surface area contributed by atoms with Gasteiger partial charge in [-0.15, -0.1) is 0 Å². The number of rotatable bonds is 5. The maximum absolute atomic E-state index is 5.93. The molecular formula is C11H15Cl2NS. The van der Waals surface area contributed by atoms with Gasteiger partial charge in [-0.2, -0.15) is 11.8 Å². The van der Waals surface area contributed by atoms with Crippen LogP contribution in [0.15, 0.2) is 18.2 Å². The average Bonchev–Trinajstić information content (AvgIpc) is 2.20. The molecule has 0 amide bonds. The van der Waals surface area contributed by atoms with Gasteiger partial charge in [-0.3, -0.25) is 0 Å². The lowest BCUT2D eigenvalue weighted by molar-refractivity contribution is 0.596. The predicted octanol–water partition coefficient (Wildman–Crippen LogP) is 3.83. The predicted molar refractivity (Wildman–Crippen MR) is 71.1 cm³/mol. The lowest BCUT2D eigenvalue weighted by Gasteiger charge is -2.12. The van der Waals surface area contributed by atoms with Crippen LogP contribution in [0.3, 0.4) is 0 Å². The molecule has 84 valence electrons. The van der Waals surface area contributed by atoms with E-state index in [1.807, 2.05) is 30.0 Å². The number of hydrogen-bond donors (Lipinski definition) is 1. The van der Waals surface area contributed by atoms with Crippen LogP contribution in [-0.4, -0.2) is 18.1 Å². The monoisotopic (exact) mass is 263 g/mol. The Morgan fingerprint density at radius 2 is 2.07 bits per heavy atom. The molecule has 0 heterocycles. The van der Waals surface area contributed by atoms with Gasteiger partial charge in [0.1, 0.15) is 0 Å². The van der Waals surface area contributed by atoms with Gasteiger partial charge in [-0.1, -0.05) is 29.3 Å². The minimum atomic E-state index is 0.509. The number of nitrogens with one attached hydrogen (secondary N) is 1. The normalized spacial score (nSPS) is 12.8. The van der Waals surface area contributed by atoms with Gasteiger partial charge in [0.25, 0.3) is 0 Å². The van der Waals surface area contributed by atoms with Crippen LogP contribution in [0.4, 0.5) is 0 Å². The Bertz CT molecular complexity index is 317. The third kappa shape index (κ3) is 4.64. The number of benzene rings is 1. The van der Waals surface area contributed by atoms with E-state index in [0.717, 1.165) is 17.9 Å². The SMILES string of the molecule is CSCC(C)NCc1ccc(Cl)c(Cl)c1. The van der Waals surface area contributed by atoms with Gasteiger partial charge in [0.05, 0.1) is 10.0 Å². The fourth-order valence-corrected chi connectivity index (χ4v) is 2.19. The second-order valence-corrected chi connectivity index (χ2v) is 5.21. The van der Waals surface area contributed by atoms with Crippen molar-refractivity contribution in [3.8, 4) is 0 Å². The molecule has 1 aromatic carbocycles. The molecule has 0 spiro atoms. The van der Waals surface area contributed by atoms with E-state index in [1.165, 1.54) is 0 Å². The molecular weight excluding hydrogens is 249 g/mol. The summed E-state index contributed by atoms with van der Waals surface area (Å²) >= 11 is 13.6. The highest BCUT2D eigenvalue weighted by molar-refractivity contribution is 7.98. The third-order valence-corrected chi connectivity index (χ3v) is 3.63. The molecule has 1 unspecified atom stereocenters. The molecule has 0 aliphatic heterocycles. The van der Waals surface area contributed by atoms with Crippen LogP contribution in [0.25, 0.3) is 0 Å². The highest BCUT2D eigenvalue weighted by Gasteiger charge is 2.02. The van der Waals surface area contributed by atoms with Gasteiger partial charge in [-0.05, 0) is 30.9 Å². The molecule has 4 heteroatoms. The van der Waals surface area contributed by atoms with Crippen molar-refractivity contribution >= 4 is 35.0 Å². The zero-order valence-electron chi connectivity index (χ0n) is 8.89. The van der Waals surface area contributed by atoms with Gasteiger partial charge >= 0.3 is 0 Å². The molecule has 15 heavy (non-hydrogen) atoms. The quantitative estimate of drug-likeness (QED) is 0.867. The second-order valence-electron chi connectivity index (χ2n) is 3.49. The van der Waals surface area contributed by atoms with E-state index in [-0.39, 0.29) is 0 Å². The Labute approximate surface area is 106 Å². The molecule has 0 saturated carbocycles. The van der Waals surface area contributed by atoms with Crippen molar-refractivity contribution in [3.05, 3.63) is 33.8 Å². The standard InChI is InChI=1S/C11H15Cl2NS/c1-8(7-15-2)14-6-9-3-4-10(12)11(13)5-9/h3-5,8,14H,6-7H2,1-2H3. The summed E-state index contributed by atoms with van der Waals surface area (Å²) in [6.45, 7) is 3.01. The fraction of sp³-hybridized carbons (Fsp3) is 0.455. The molecule has 1 nitrogen and oxygen atoms in total. The van der Waals surface area contributed by atoms with Crippen LogP contribution >= 0.6 is 35.0 Å². The molecule has 0 saturated heterocycles. The van der Waals surface area contributed by atoms with E-state index in [1.54, 1.807) is 0 Å². The smallest absolute Gasteiger partial charge is 0.0595 e. The first-order valence-electron chi connectivity index (χ1n) is 4.79. The summed E-state index contributed by atoms with van der Waals surface area (Å²) in [4.78, 5) is 0. The molecule has 0 aliphatic rings. The summed E-state index contributed by atoms with van der Waals surface area (Å²) in [7, 11) is 0. The summed E-state index contributed by atoms with van der Waals surface area (Å²) in [6.07, 6.45) is 2.11. The Morgan fingerprint density at radius 3 is 2.67 bits per heavy atom. The highest BCUT2D eigenvalue weighted by Crippen LogP contribution is 2.22. The van der Waals surface area contributed by atoms with E-state index in [2.05, 4.69) is 18.5 Å². The van der Waals surface area contributed by atoms with Crippen LogP contribution in [0, 0.1) is 0 Å². The first-order chi connectivity index (χ1) is 7.13. The number of thioether (sulfide) groups is 1. The molecule has 0 bridgehead atoms. The summed E-state index contributed by atoms with van der Waals surface area (Å²) in [6, 6.07) is 6.24. The van der Waals surface area contributed by atoms with Gasteiger partial charge in [-0.25, -0.2) is 0 Å². The zero-order chi connectivity index (χ0) is 11.3. The van der Waals surface area contributed by atoms with Crippen LogP contribution in [0.1, 0.15) is 12.5 Å². The minimum absolute atomic E-state index is 0.509. The lowest BCUT2D eigenvalue weighted by Crippen LogP contribution is -2.27. The maximum atomic E-state index is 5.93. The molecule has 1 N–H and O–H groups in total. The lowest BCUT2D eigenvalue weighted by atomic mass is 10.2. The van der Waals surface area contributed by atoms with Crippen LogP contribution in [0.2, 0.25) is 10.0 Å². The van der Waals surface area contributed by atoms with Gasteiger partial charge in [0.2, 0.25) is 0 Å². The van der Waals surface area contributed by atoms with Gasteiger partial charge in [0, 0.05) is 18.3 Å². The van der Waals surface area contributed by atoms with E-state index in [4.69, 9.17) is 23.2 Å². The zero-order valence-corrected chi connectivity index (χ0v) is 11.2. The molecule has 0 aromatic heterocycles.